The quantitative estimate of drug-likeness (QED) is 0.374. The van der Waals surface area contributed by atoms with Crippen LogP contribution in [0.1, 0.15) is 33.1 Å². The maximum absolute atomic E-state index is 13.1. The highest BCUT2D eigenvalue weighted by Gasteiger charge is 2.54. The molecule has 0 bridgehead atoms. The van der Waals surface area contributed by atoms with E-state index in [1.165, 1.54) is 22.7 Å². The zero-order chi connectivity index (χ0) is 23.0. The monoisotopic (exact) mass is 465 g/mol. The first-order valence-corrected chi connectivity index (χ1v) is 11.7. The van der Waals surface area contributed by atoms with Crippen molar-refractivity contribution in [2.75, 3.05) is 13.2 Å². The lowest BCUT2D eigenvalue weighted by atomic mass is 10.0. The van der Waals surface area contributed by atoms with Gasteiger partial charge in [0.2, 0.25) is 5.91 Å². The molecule has 1 saturated heterocycles. The number of alkyl carbamates (subject to hydrolysis) is 1. The zero-order valence-corrected chi connectivity index (χ0v) is 18.7. The minimum absolute atomic E-state index is 0.0764. The van der Waals surface area contributed by atoms with Crippen LogP contribution in [0.25, 0.3) is 0 Å². The van der Waals surface area contributed by atoms with Gasteiger partial charge in [-0.3, -0.25) is 14.5 Å². The average Bonchev–Trinajstić information content (AvgIpc) is 3.61. The molecule has 2 fully saturated rings. The minimum atomic E-state index is -1.18. The number of fused-ring (bicyclic) bond motifs is 1. The lowest BCUT2D eigenvalue weighted by molar-refractivity contribution is -0.150. The van der Waals surface area contributed by atoms with Crippen molar-refractivity contribution in [3.63, 3.8) is 0 Å². The van der Waals surface area contributed by atoms with Gasteiger partial charge in [-0.05, 0) is 50.7 Å². The number of nitrogens with one attached hydrogen (secondary N) is 2. The molecule has 3 N–H and O–H groups in total. The highest BCUT2D eigenvalue weighted by Crippen LogP contribution is 2.40. The summed E-state index contributed by atoms with van der Waals surface area (Å²) in [5.41, 5.74) is 0.511. The van der Waals surface area contributed by atoms with Crippen LogP contribution in [-0.4, -0.2) is 75.9 Å². The second-order valence-electron chi connectivity index (χ2n) is 8.43. The maximum Gasteiger partial charge on any atom is 0.408 e. The lowest BCUT2D eigenvalue weighted by Gasteiger charge is -2.49. The Morgan fingerprint density at radius 1 is 1.34 bits per heavy atom. The molecule has 3 aliphatic heterocycles. The number of nitrogens with zero attached hydrogens (tertiary/aromatic N) is 1. The smallest absolute Gasteiger partial charge is 0.408 e. The van der Waals surface area contributed by atoms with Crippen LogP contribution in [0.3, 0.4) is 0 Å². The molecule has 0 aromatic heterocycles. The third-order valence-corrected chi connectivity index (χ3v) is 7.30. The van der Waals surface area contributed by atoms with Gasteiger partial charge in [0.25, 0.3) is 5.91 Å². The Bertz CT molecular complexity index is 885. The number of thioether (sulfide) groups is 1. The standard InChI is InChI=1S/C21H27N3O7S/c1-10-8-14(20(27)28)24-18(26)16(19(24)32-10)22-17(25)15(13-4-3-7-30-9-13)23-21(29)31-11(2)12-5-6-12/h4,8,10-12,15-16,19H,3,5-7,9H2,1-2H3,(H,22,25)(H,23,29)(H,27,28)/t10?,11?,15?,16?,19-/m0/s1. The van der Waals surface area contributed by atoms with Crippen molar-refractivity contribution in [1.29, 1.82) is 0 Å². The normalized spacial score (nSPS) is 28.9. The molecular weight excluding hydrogens is 438 g/mol. The summed E-state index contributed by atoms with van der Waals surface area (Å²) in [6.45, 7) is 4.37. The number of carbonyl (C=O) groups excluding carboxylic acids is 3. The fourth-order valence-electron chi connectivity index (χ4n) is 4.05. The molecule has 0 radical (unpaired) electrons. The van der Waals surface area contributed by atoms with Gasteiger partial charge in [0.05, 0.1) is 13.2 Å². The number of hydrogen-bond acceptors (Lipinski definition) is 7. The van der Waals surface area contributed by atoms with E-state index in [-0.39, 0.29) is 23.7 Å². The zero-order valence-electron chi connectivity index (χ0n) is 17.9. The van der Waals surface area contributed by atoms with Gasteiger partial charge in [-0.2, -0.15) is 0 Å². The number of rotatable bonds is 7. The molecule has 4 rings (SSSR count). The van der Waals surface area contributed by atoms with E-state index in [2.05, 4.69) is 10.6 Å². The van der Waals surface area contributed by atoms with Gasteiger partial charge in [0.1, 0.15) is 29.3 Å². The van der Waals surface area contributed by atoms with Gasteiger partial charge in [-0.1, -0.05) is 6.08 Å². The highest BCUT2D eigenvalue weighted by molar-refractivity contribution is 8.00. The fraction of sp³-hybridized carbons (Fsp3) is 0.619. The molecule has 1 saturated carbocycles. The molecule has 3 amide bonds. The minimum Gasteiger partial charge on any atom is -0.477 e. The second kappa shape index (κ2) is 9.14. The van der Waals surface area contributed by atoms with Crippen molar-refractivity contribution in [2.45, 2.75) is 61.9 Å². The number of amides is 3. The summed E-state index contributed by atoms with van der Waals surface area (Å²) in [7, 11) is 0. The summed E-state index contributed by atoms with van der Waals surface area (Å²) in [5.74, 6) is -1.88. The van der Waals surface area contributed by atoms with Gasteiger partial charge in [0, 0.05) is 5.25 Å². The Hall–Kier alpha value is -2.53. The Kier molecular flexibility index (Phi) is 6.47. The molecule has 0 aromatic rings. The maximum atomic E-state index is 13.1. The van der Waals surface area contributed by atoms with Crippen molar-refractivity contribution < 1.29 is 33.8 Å². The molecule has 1 aliphatic carbocycles. The third kappa shape index (κ3) is 4.63. The van der Waals surface area contributed by atoms with Crippen LogP contribution < -0.4 is 10.6 Å². The lowest BCUT2D eigenvalue weighted by Crippen LogP contribution is -2.71. The van der Waals surface area contributed by atoms with E-state index in [1.807, 2.05) is 19.9 Å². The van der Waals surface area contributed by atoms with Crippen molar-refractivity contribution >= 4 is 35.6 Å². The predicted octanol–water partition coefficient (Wildman–Crippen LogP) is 0.983. The van der Waals surface area contributed by atoms with Gasteiger partial charge < -0.3 is 25.2 Å². The van der Waals surface area contributed by atoms with Crippen molar-refractivity contribution in [1.82, 2.24) is 15.5 Å². The van der Waals surface area contributed by atoms with Gasteiger partial charge in [0.15, 0.2) is 0 Å². The largest absolute Gasteiger partial charge is 0.477 e. The van der Waals surface area contributed by atoms with E-state index in [1.54, 1.807) is 0 Å². The number of carboxylic acid groups (broad SMARTS) is 1. The van der Waals surface area contributed by atoms with Crippen molar-refractivity contribution in [3.8, 4) is 0 Å². The summed E-state index contributed by atoms with van der Waals surface area (Å²) in [6, 6.07) is -1.93. The first kappa shape index (κ1) is 22.7. The molecule has 32 heavy (non-hydrogen) atoms. The number of aliphatic carboxylic acids is 1. The van der Waals surface area contributed by atoms with Gasteiger partial charge in [-0.15, -0.1) is 11.8 Å². The second-order valence-corrected chi connectivity index (χ2v) is 9.93. The molecule has 174 valence electrons. The van der Waals surface area contributed by atoms with Crippen LogP contribution in [0.2, 0.25) is 0 Å². The third-order valence-electron chi connectivity index (χ3n) is 5.98. The first-order chi connectivity index (χ1) is 15.3. The van der Waals surface area contributed by atoms with E-state index in [4.69, 9.17) is 9.47 Å². The van der Waals surface area contributed by atoms with Crippen LogP contribution in [0.15, 0.2) is 23.4 Å². The highest BCUT2D eigenvalue weighted by atomic mass is 32.2. The van der Waals surface area contributed by atoms with E-state index in [9.17, 15) is 24.3 Å². The van der Waals surface area contributed by atoms with Crippen LogP contribution in [0, 0.1) is 5.92 Å². The van der Waals surface area contributed by atoms with E-state index < -0.39 is 41.3 Å². The summed E-state index contributed by atoms with van der Waals surface area (Å²) >= 11 is 1.39. The number of ether oxygens (including phenoxy) is 2. The predicted molar refractivity (Wildman–Crippen MR) is 114 cm³/mol. The van der Waals surface area contributed by atoms with E-state index in [0.717, 1.165) is 12.8 Å². The summed E-state index contributed by atoms with van der Waals surface area (Å²) in [6.07, 6.45) is 5.06. The van der Waals surface area contributed by atoms with Crippen LogP contribution >= 0.6 is 11.8 Å². The molecule has 5 atom stereocenters. The van der Waals surface area contributed by atoms with E-state index in [0.29, 0.717) is 24.5 Å². The molecule has 0 aromatic carbocycles. The Morgan fingerprint density at radius 2 is 2.09 bits per heavy atom. The summed E-state index contributed by atoms with van der Waals surface area (Å²) in [4.78, 5) is 50.9. The van der Waals surface area contributed by atoms with E-state index >= 15 is 0 Å². The van der Waals surface area contributed by atoms with Crippen LogP contribution in [0.5, 0.6) is 0 Å². The Morgan fingerprint density at radius 3 is 2.72 bits per heavy atom. The SMILES string of the molecule is CC1C=C(C(=O)O)N2C(=O)C(NC(=O)C(NC(=O)OC(C)C3CC3)C3=CCCOC3)[C@@H]2S1. The number of carboxylic acids is 1. The first-order valence-electron chi connectivity index (χ1n) is 10.7. The molecule has 11 heteroatoms. The number of hydrogen-bond donors (Lipinski definition) is 3. The Balaban J connectivity index is 1.45. The molecule has 3 heterocycles. The molecule has 4 unspecified atom stereocenters. The van der Waals surface area contributed by atoms with Crippen LogP contribution in [0.4, 0.5) is 4.79 Å². The van der Waals surface area contributed by atoms with Crippen molar-refractivity contribution in [2.24, 2.45) is 5.92 Å². The topological polar surface area (TPSA) is 134 Å². The summed E-state index contributed by atoms with van der Waals surface area (Å²) < 4.78 is 10.8. The molecule has 0 spiro atoms. The van der Waals surface area contributed by atoms with Gasteiger partial charge >= 0.3 is 12.1 Å². The van der Waals surface area contributed by atoms with Crippen molar-refractivity contribution in [3.05, 3.63) is 23.4 Å². The number of β-lactam (4-membered cyclic amide) rings is 1. The molecule has 10 nitrogen and oxygen atoms in total. The fourth-order valence-corrected chi connectivity index (χ4v) is 5.38. The van der Waals surface area contributed by atoms with Crippen LogP contribution in [-0.2, 0) is 23.9 Å². The van der Waals surface area contributed by atoms with Gasteiger partial charge in [-0.25, -0.2) is 9.59 Å². The number of carbonyl (C=O) groups is 4. The Labute approximate surface area is 189 Å². The molecule has 4 aliphatic rings. The average molecular weight is 466 g/mol. The molecular formula is C21H27N3O7S. The summed E-state index contributed by atoms with van der Waals surface area (Å²) in [5, 5.41) is 14.1.